The fraction of sp³-hybridized carbons (Fsp3) is 0.154. The molecule has 3 aromatic carbocycles. The number of carboxylic acid groups (broad SMARTS) is 1. The third-order valence-corrected chi connectivity index (χ3v) is 7.04. The molecule has 2 atom stereocenters. The van der Waals surface area contributed by atoms with E-state index in [0.29, 0.717) is 43.6 Å². The Kier molecular flexibility index (Phi) is 3.73. The SMILES string of the molecule is C[C@H](O[C@@H]1CC(=O)n2c3ccccc3c3c4c(c5c6ccccc6n1c5c32)C(=O)NC4=O)C(=O)O. The molecule has 0 unspecified atom stereocenters. The molecule has 0 saturated carbocycles. The number of carbonyl (C=O) groups is 4. The highest BCUT2D eigenvalue weighted by molar-refractivity contribution is 6.40. The molecule has 2 aromatic heterocycles. The minimum absolute atomic E-state index is 0.126. The van der Waals surface area contributed by atoms with Gasteiger partial charge < -0.3 is 14.4 Å². The van der Waals surface area contributed by atoms with Crippen LogP contribution in [0.15, 0.2) is 48.5 Å². The van der Waals surface area contributed by atoms with Crippen molar-refractivity contribution in [2.75, 3.05) is 0 Å². The van der Waals surface area contributed by atoms with Gasteiger partial charge in [0.15, 0.2) is 6.10 Å². The first-order valence-corrected chi connectivity index (χ1v) is 11.2. The van der Waals surface area contributed by atoms with Crippen molar-refractivity contribution >= 4 is 67.3 Å². The van der Waals surface area contributed by atoms with Crippen LogP contribution in [0.25, 0.3) is 43.6 Å². The Morgan fingerprint density at radius 2 is 1.51 bits per heavy atom. The van der Waals surface area contributed by atoms with Gasteiger partial charge in [-0.3, -0.25) is 24.3 Å². The van der Waals surface area contributed by atoms with Crippen LogP contribution < -0.4 is 5.32 Å². The number of carbonyl (C=O) groups excluding carboxylic acids is 3. The highest BCUT2D eigenvalue weighted by Gasteiger charge is 2.40. The zero-order chi connectivity index (χ0) is 24.2. The number of nitrogens with one attached hydrogen (secondary N) is 1. The lowest BCUT2D eigenvalue weighted by Crippen LogP contribution is -2.27. The summed E-state index contributed by atoms with van der Waals surface area (Å²) in [5.74, 6) is -2.45. The molecule has 0 saturated heterocycles. The maximum Gasteiger partial charge on any atom is 0.332 e. The number of hydrogen-bond donors (Lipinski definition) is 2. The Bertz CT molecular complexity index is 1840. The average molecular weight is 467 g/mol. The van der Waals surface area contributed by atoms with Gasteiger partial charge in [-0.2, -0.15) is 0 Å². The first-order valence-electron chi connectivity index (χ1n) is 11.2. The van der Waals surface area contributed by atoms with Crippen LogP contribution in [-0.2, 0) is 9.53 Å². The van der Waals surface area contributed by atoms with E-state index in [2.05, 4.69) is 5.32 Å². The Labute approximate surface area is 196 Å². The summed E-state index contributed by atoms with van der Waals surface area (Å²) in [5.41, 5.74) is 2.88. The van der Waals surface area contributed by atoms with E-state index >= 15 is 0 Å². The first-order chi connectivity index (χ1) is 16.9. The van der Waals surface area contributed by atoms with E-state index in [1.54, 1.807) is 10.6 Å². The van der Waals surface area contributed by atoms with Crippen LogP contribution in [0.3, 0.4) is 0 Å². The standard InChI is InChI=1S/C26H17N3O6/c1-11(26(33)34)35-17-10-16(30)28-14-8-4-2-6-12(14)18-20-21(25(32)27-24(20)31)19-13-7-3-5-9-15(13)29(17)23(19)22(18)28/h2-9,11,17H,10H2,1H3,(H,33,34)(H,27,31,32)/t11-,17+/m0/s1. The van der Waals surface area contributed by atoms with Gasteiger partial charge >= 0.3 is 5.97 Å². The molecule has 2 amide bonds. The number of fused-ring (bicyclic) bond motifs is 9. The van der Waals surface area contributed by atoms with Gasteiger partial charge in [0.1, 0.15) is 6.23 Å². The maximum absolute atomic E-state index is 13.7. The largest absolute Gasteiger partial charge is 0.479 e. The van der Waals surface area contributed by atoms with Gasteiger partial charge in [0, 0.05) is 21.5 Å². The van der Waals surface area contributed by atoms with Crippen molar-refractivity contribution in [3.63, 3.8) is 0 Å². The second kappa shape index (κ2) is 6.55. The van der Waals surface area contributed by atoms with Crippen molar-refractivity contribution < 1.29 is 29.0 Å². The molecule has 0 radical (unpaired) electrons. The number of hydrogen-bond acceptors (Lipinski definition) is 5. The third-order valence-electron chi connectivity index (χ3n) is 7.04. The summed E-state index contributed by atoms with van der Waals surface area (Å²) in [6.45, 7) is 1.42. The monoisotopic (exact) mass is 467 g/mol. The molecule has 2 N–H and O–H groups in total. The number of carboxylic acids is 1. The summed E-state index contributed by atoms with van der Waals surface area (Å²) in [4.78, 5) is 51.5. The highest BCUT2D eigenvalue weighted by atomic mass is 16.5. The quantitative estimate of drug-likeness (QED) is 0.390. The zero-order valence-electron chi connectivity index (χ0n) is 18.4. The number of aliphatic carboxylic acids is 1. The first kappa shape index (κ1) is 19.9. The van der Waals surface area contributed by atoms with Crippen LogP contribution in [0.4, 0.5) is 0 Å². The lowest BCUT2D eigenvalue weighted by atomic mass is 9.96. The van der Waals surface area contributed by atoms with Gasteiger partial charge in [-0.15, -0.1) is 0 Å². The molecule has 9 nitrogen and oxygen atoms in total. The fourth-order valence-electron chi connectivity index (χ4n) is 5.69. The molecule has 0 aliphatic carbocycles. The number of imide groups is 1. The van der Waals surface area contributed by atoms with Gasteiger partial charge in [0.05, 0.1) is 39.6 Å². The molecule has 4 heterocycles. The summed E-state index contributed by atoms with van der Waals surface area (Å²) in [7, 11) is 0. The van der Waals surface area contributed by atoms with Crippen molar-refractivity contribution in [2.45, 2.75) is 25.7 Å². The molecule has 0 spiro atoms. The number of para-hydroxylation sites is 2. The second-order valence-electron chi connectivity index (χ2n) is 8.89. The van der Waals surface area contributed by atoms with Crippen molar-refractivity contribution in [1.29, 1.82) is 0 Å². The number of ether oxygens (including phenoxy) is 1. The van der Waals surface area contributed by atoms with Crippen LogP contribution >= 0.6 is 0 Å². The number of aromatic nitrogens is 2. The number of benzene rings is 3. The summed E-state index contributed by atoms with van der Waals surface area (Å²) in [6, 6.07) is 14.6. The zero-order valence-corrected chi connectivity index (χ0v) is 18.4. The van der Waals surface area contributed by atoms with Crippen molar-refractivity contribution in [1.82, 2.24) is 14.5 Å². The summed E-state index contributed by atoms with van der Waals surface area (Å²) in [6.07, 6.45) is -2.23. The van der Waals surface area contributed by atoms with Gasteiger partial charge in [-0.1, -0.05) is 36.4 Å². The van der Waals surface area contributed by atoms with E-state index in [0.717, 1.165) is 0 Å². The van der Waals surface area contributed by atoms with Crippen LogP contribution in [0.1, 0.15) is 45.1 Å². The topological polar surface area (TPSA) is 120 Å². The Morgan fingerprint density at radius 1 is 0.943 bits per heavy atom. The van der Waals surface area contributed by atoms with E-state index in [4.69, 9.17) is 4.74 Å². The van der Waals surface area contributed by atoms with E-state index in [9.17, 15) is 24.3 Å². The Balaban J connectivity index is 1.79. The number of amides is 2. The predicted octanol–water partition coefficient (Wildman–Crippen LogP) is 3.82. The van der Waals surface area contributed by atoms with Crippen LogP contribution in [0.5, 0.6) is 0 Å². The molecular weight excluding hydrogens is 450 g/mol. The molecule has 0 fully saturated rings. The molecule has 7 rings (SSSR count). The van der Waals surface area contributed by atoms with Crippen molar-refractivity contribution in [3.8, 4) is 0 Å². The molecule has 5 aromatic rings. The highest BCUT2D eigenvalue weighted by Crippen LogP contribution is 2.47. The van der Waals surface area contributed by atoms with E-state index < -0.39 is 30.1 Å². The minimum atomic E-state index is -1.17. The molecular formula is C26H17N3O6. The number of rotatable bonds is 3. The lowest BCUT2D eigenvalue weighted by molar-refractivity contribution is -0.156. The molecule has 35 heavy (non-hydrogen) atoms. The molecule has 2 aliphatic rings. The van der Waals surface area contributed by atoms with Gasteiger partial charge in [0.2, 0.25) is 5.91 Å². The average Bonchev–Trinajstić information content (AvgIpc) is 3.42. The van der Waals surface area contributed by atoms with E-state index in [1.807, 2.05) is 47.0 Å². The Hall–Kier alpha value is -4.50. The predicted molar refractivity (Wildman–Crippen MR) is 127 cm³/mol. The summed E-state index contributed by atoms with van der Waals surface area (Å²) >= 11 is 0. The van der Waals surface area contributed by atoms with E-state index in [1.165, 1.54) is 6.92 Å². The van der Waals surface area contributed by atoms with E-state index in [-0.39, 0.29) is 23.5 Å². The fourth-order valence-corrected chi connectivity index (χ4v) is 5.69. The lowest BCUT2D eigenvalue weighted by Gasteiger charge is -2.22. The Morgan fingerprint density at radius 3 is 2.17 bits per heavy atom. The van der Waals surface area contributed by atoms with Crippen molar-refractivity contribution in [2.24, 2.45) is 0 Å². The summed E-state index contributed by atoms with van der Waals surface area (Å²) < 4.78 is 9.32. The smallest absolute Gasteiger partial charge is 0.332 e. The number of nitrogens with zero attached hydrogens (tertiary/aromatic N) is 2. The molecule has 2 aliphatic heterocycles. The molecule has 0 bridgehead atoms. The van der Waals surface area contributed by atoms with Crippen molar-refractivity contribution in [3.05, 3.63) is 59.7 Å². The van der Waals surface area contributed by atoms with Crippen LogP contribution in [0.2, 0.25) is 0 Å². The van der Waals surface area contributed by atoms with Crippen LogP contribution in [-0.4, -0.2) is 44.0 Å². The van der Waals surface area contributed by atoms with Gasteiger partial charge in [-0.25, -0.2) is 4.79 Å². The third kappa shape index (κ3) is 2.35. The minimum Gasteiger partial charge on any atom is -0.479 e. The maximum atomic E-state index is 13.7. The van der Waals surface area contributed by atoms with Gasteiger partial charge in [0.25, 0.3) is 11.8 Å². The molecule has 9 heteroatoms. The second-order valence-corrected chi connectivity index (χ2v) is 8.89. The summed E-state index contributed by atoms with van der Waals surface area (Å²) in [5, 5.41) is 14.4. The normalized spacial score (nSPS) is 18.1. The van der Waals surface area contributed by atoms with Crippen LogP contribution in [0, 0.1) is 0 Å². The van der Waals surface area contributed by atoms with Gasteiger partial charge in [-0.05, 0) is 19.1 Å². The molecule has 172 valence electrons.